The van der Waals surface area contributed by atoms with E-state index >= 15 is 0 Å². The number of nitrogens with one attached hydrogen (secondary N) is 1. The van der Waals surface area contributed by atoms with E-state index < -0.39 is 24.2 Å². The molecule has 1 saturated carbocycles. The van der Waals surface area contributed by atoms with E-state index in [0.29, 0.717) is 38.3 Å². The van der Waals surface area contributed by atoms with Gasteiger partial charge < -0.3 is 34.7 Å². The van der Waals surface area contributed by atoms with Crippen LogP contribution in [0.4, 0.5) is 4.79 Å². The van der Waals surface area contributed by atoms with Crippen molar-refractivity contribution in [2.45, 2.75) is 101 Å². The second kappa shape index (κ2) is 10.9. The molecule has 190 valence electrons. The van der Waals surface area contributed by atoms with Crippen molar-refractivity contribution in [3.8, 4) is 0 Å². The van der Waals surface area contributed by atoms with Gasteiger partial charge in [-0.2, -0.15) is 0 Å². The monoisotopic (exact) mass is 470 g/mol. The summed E-state index contributed by atoms with van der Waals surface area (Å²) in [6.45, 7) is 7.76. The summed E-state index contributed by atoms with van der Waals surface area (Å²) < 4.78 is 28.8. The maximum Gasteiger partial charge on any atom is 0.408 e. The highest BCUT2D eigenvalue weighted by atomic mass is 16.6. The Labute approximate surface area is 197 Å². The lowest BCUT2D eigenvalue weighted by Gasteiger charge is -2.42. The molecule has 3 N–H and O–H groups in total. The molecule has 9 heteroatoms. The van der Waals surface area contributed by atoms with Crippen molar-refractivity contribution < 1.29 is 33.3 Å². The maximum atomic E-state index is 12.7. The average Bonchev–Trinajstić information content (AvgIpc) is 3.69. The Hall–Kier alpha value is -1.42. The fraction of sp³-hybridized carbons (Fsp3) is 0.917. The predicted molar refractivity (Wildman–Crippen MR) is 122 cm³/mol. The number of hydrogen-bond acceptors (Lipinski definition) is 8. The van der Waals surface area contributed by atoms with Crippen molar-refractivity contribution in [2.24, 2.45) is 17.6 Å². The maximum absolute atomic E-state index is 12.7. The molecule has 3 fully saturated rings. The quantitative estimate of drug-likeness (QED) is 0.253. The molecule has 1 spiro atoms. The van der Waals surface area contributed by atoms with Gasteiger partial charge in [-0.15, -0.1) is 0 Å². The van der Waals surface area contributed by atoms with E-state index in [2.05, 4.69) is 26.1 Å². The first-order chi connectivity index (χ1) is 15.7. The lowest BCUT2D eigenvalue weighted by molar-refractivity contribution is -0.143. The van der Waals surface area contributed by atoms with Crippen LogP contribution in [0.2, 0.25) is 0 Å². The van der Waals surface area contributed by atoms with E-state index in [0.717, 1.165) is 25.7 Å². The van der Waals surface area contributed by atoms with E-state index in [1.165, 1.54) is 7.11 Å². The van der Waals surface area contributed by atoms with Crippen LogP contribution in [-0.4, -0.2) is 75.0 Å². The van der Waals surface area contributed by atoms with Gasteiger partial charge in [0.25, 0.3) is 0 Å². The highest BCUT2D eigenvalue weighted by Gasteiger charge is 2.72. The lowest BCUT2D eigenvalue weighted by atomic mass is 9.68. The first-order valence-corrected chi connectivity index (χ1v) is 12.3. The van der Waals surface area contributed by atoms with E-state index in [9.17, 15) is 9.59 Å². The van der Waals surface area contributed by atoms with Crippen LogP contribution < -0.4 is 11.1 Å². The Morgan fingerprint density at radius 1 is 1.21 bits per heavy atom. The van der Waals surface area contributed by atoms with Gasteiger partial charge >= 0.3 is 12.1 Å². The van der Waals surface area contributed by atoms with Crippen LogP contribution in [0.15, 0.2) is 0 Å². The Kier molecular flexibility index (Phi) is 8.64. The van der Waals surface area contributed by atoms with Crippen molar-refractivity contribution >= 4 is 12.1 Å². The molecule has 2 heterocycles. The Morgan fingerprint density at radius 3 is 2.52 bits per heavy atom. The van der Waals surface area contributed by atoms with Gasteiger partial charge in [-0.25, -0.2) is 9.59 Å². The first-order valence-electron chi connectivity index (χ1n) is 12.3. The third kappa shape index (κ3) is 5.99. The van der Waals surface area contributed by atoms with E-state index in [-0.39, 0.29) is 29.3 Å². The molecule has 1 aliphatic carbocycles. The molecule has 0 aromatic heterocycles. The molecule has 0 radical (unpaired) electrons. The third-order valence-electron chi connectivity index (χ3n) is 7.49. The normalized spacial score (nSPS) is 35.8. The van der Waals surface area contributed by atoms with Crippen LogP contribution in [0.3, 0.4) is 0 Å². The molecule has 3 rings (SSSR count). The molecular formula is C24H42N2O7. The molecular weight excluding hydrogens is 428 g/mol. The largest absolute Gasteiger partial charge is 0.467 e. The molecule has 2 aliphatic heterocycles. The fourth-order valence-corrected chi connectivity index (χ4v) is 5.47. The number of methoxy groups -OCH3 is 2. The Balaban J connectivity index is 1.64. The highest BCUT2D eigenvalue weighted by molar-refractivity contribution is 5.81. The number of carbonyl (C=O) groups excluding carboxylic acids is 2. The van der Waals surface area contributed by atoms with Crippen LogP contribution in [0.25, 0.3) is 0 Å². The summed E-state index contributed by atoms with van der Waals surface area (Å²) in [4.78, 5) is 24.8. The van der Waals surface area contributed by atoms with Gasteiger partial charge in [-0.05, 0) is 64.3 Å². The molecule has 0 aromatic rings. The zero-order valence-corrected chi connectivity index (χ0v) is 20.8. The number of ether oxygens (including phenoxy) is 5. The van der Waals surface area contributed by atoms with Gasteiger partial charge in [0, 0.05) is 7.11 Å². The number of alkyl carbamates (subject to hydrolysis) is 1. The summed E-state index contributed by atoms with van der Waals surface area (Å²) in [6.07, 6.45) is 4.12. The number of rotatable bonds is 12. The summed E-state index contributed by atoms with van der Waals surface area (Å²) in [5, 5.41) is 2.67. The molecule has 7 atom stereocenters. The third-order valence-corrected chi connectivity index (χ3v) is 7.49. The van der Waals surface area contributed by atoms with Gasteiger partial charge in [0.2, 0.25) is 0 Å². The average molecular weight is 471 g/mol. The second-order valence-corrected chi connectivity index (χ2v) is 10.3. The minimum atomic E-state index is -0.766. The zero-order chi connectivity index (χ0) is 24.2. The SMILES string of the molecule is COC(=O)C(CCCCN)NC(=O)OC1CCC2(CO2)C(C2(C)OC2CCC(C)C)C1OC. The molecule has 0 bridgehead atoms. The second-order valence-electron chi connectivity index (χ2n) is 10.3. The van der Waals surface area contributed by atoms with E-state index in [4.69, 9.17) is 29.4 Å². The van der Waals surface area contributed by atoms with Crippen molar-refractivity contribution in [3.05, 3.63) is 0 Å². The molecule has 1 amide bonds. The molecule has 2 saturated heterocycles. The number of esters is 1. The fourth-order valence-electron chi connectivity index (χ4n) is 5.47. The Bertz CT molecular complexity index is 684. The van der Waals surface area contributed by atoms with Gasteiger partial charge in [0.15, 0.2) is 0 Å². The summed E-state index contributed by atoms with van der Waals surface area (Å²) in [5.41, 5.74) is 4.91. The van der Waals surface area contributed by atoms with Crippen LogP contribution in [0.1, 0.15) is 65.7 Å². The smallest absolute Gasteiger partial charge is 0.408 e. The van der Waals surface area contributed by atoms with Crippen molar-refractivity contribution in [3.63, 3.8) is 0 Å². The topological polar surface area (TPSA) is 125 Å². The minimum Gasteiger partial charge on any atom is -0.467 e. The van der Waals surface area contributed by atoms with Crippen molar-refractivity contribution in [1.82, 2.24) is 5.32 Å². The standard InChI is InChI=1S/C24H42N2O7/c1-15(2)9-10-18-23(3,33-18)20-19(29-4)17(11-12-24(20)14-31-24)32-22(28)26-16(21(27)30-5)8-6-7-13-25/h15-20H,6-14,25H2,1-5H3,(H,26,28). The molecule has 9 nitrogen and oxygen atoms in total. The van der Waals surface area contributed by atoms with Crippen LogP contribution >= 0.6 is 0 Å². The van der Waals surface area contributed by atoms with Gasteiger partial charge in [-0.1, -0.05) is 13.8 Å². The Morgan fingerprint density at radius 2 is 1.94 bits per heavy atom. The van der Waals surface area contributed by atoms with Gasteiger partial charge in [0.1, 0.15) is 29.5 Å². The van der Waals surface area contributed by atoms with Gasteiger partial charge in [0.05, 0.1) is 25.7 Å². The predicted octanol–water partition coefficient (Wildman–Crippen LogP) is 2.54. The lowest BCUT2D eigenvalue weighted by Crippen LogP contribution is -2.56. The molecule has 33 heavy (non-hydrogen) atoms. The first kappa shape index (κ1) is 26.2. The number of nitrogens with two attached hydrogens (primary N) is 1. The van der Waals surface area contributed by atoms with Crippen molar-refractivity contribution in [1.29, 1.82) is 0 Å². The zero-order valence-electron chi connectivity index (χ0n) is 20.8. The summed E-state index contributed by atoms with van der Waals surface area (Å²) in [5.74, 6) is 0.0900. The van der Waals surface area contributed by atoms with Crippen molar-refractivity contribution in [2.75, 3.05) is 27.4 Å². The highest BCUT2D eigenvalue weighted by Crippen LogP contribution is 2.59. The number of carbonyl (C=O) groups is 2. The number of amides is 1. The molecule has 3 aliphatic rings. The van der Waals surface area contributed by atoms with Crippen LogP contribution in [0, 0.1) is 11.8 Å². The number of hydrogen-bond donors (Lipinski definition) is 2. The minimum absolute atomic E-state index is 0.0281. The number of epoxide rings is 2. The summed E-state index contributed by atoms with van der Waals surface area (Å²) in [6, 6.07) is -0.766. The number of unbranched alkanes of at least 4 members (excludes halogenated alkanes) is 1. The molecule has 7 unspecified atom stereocenters. The van der Waals surface area contributed by atoms with Crippen LogP contribution in [0.5, 0.6) is 0 Å². The summed E-state index contributed by atoms with van der Waals surface area (Å²) in [7, 11) is 2.95. The van der Waals surface area contributed by atoms with E-state index in [1.54, 1.807) is 7.11 Å². The van der Waals surface area contributed by atoms with Crippen LogP contribution in [-0.2, 0) is 28.5 Å². The molecule has 0 aromatic carbocycles. The van der Waals surface area contributed by atoms with Gasteiger partial charge in [-0.3, -0.25) is 0 Å². The summed E-state index contributed by atoms with van der Waals surface area (Å²) >= 11 is 0. The van der Waals surface area contributed by atoms with E-state index in [1.807, 2.05) is 0 Å².